The summed E-state index contributed by atoms with van der Waals surface area (Å²) in [5.74, 6) is -1.55. The maximum atomic E-state index is 11.7. The molecule has 0 aliphatic heterocycles. The molecule has 1 aromatic rings. The Balaban J connectivity index is 2.66. The van der Waals surface area contributed by atoms with Crippen molar-refractivity contribution in [3.05, 3.63) is 21.9 Å². The second-order valence-electron chi connectivity index (χ2n) is 3.50. The third-order valence-corrected chi connectivity index (χ3v) is 3.48. The van der Waals surface area contributed by atoms with Gasteiger partial charge in [-0.15, -0.1) is 11.3 Å². The van der Waals surface area contributed by atoms with Crippen LogP contribution in [0.3, 0.4) is 0 Å². The lowest BCUT2D eigenvalue weighted by Crippen LogP contribution is -2.41. The Labute approximate surface area is 103 Å². The Morgan fingerprint density at radius 3 is 2.65 bits per heavy atom. The molecule has 3 N–H and O–H groups in total. The number of hydrogen-bond donors (Lipinski definition) is 3. The summed E-state index contributed by atoms with van der Waals surface area (Å²) in [5.41, 5.74) is 0. The first kappa shape index (κ1) is 13.7. The van der Waals surface area contributed by atoms with Gasteiger partial charge in [-0.25, -0.2) is 4.79 Å². The average Bonchev–Trinajstić information content (AvgIpc) is 2.76. The summed E-state index contributed by atoms with van der Waals surface area (Å²) in [6.07, 6.45) is 0.851. The monoisotopic (exact) mass is 257 g/mol. The standard InChI is InChI=1S/C11H15NO4S/c1-2-7-3-4-9(17-7)10(14)12-8(5-6-13)11(15)16/h3-4,8,13H,2,5-6H2,1H3,(H,12,14)(H,15,16)/t8-/m0/s1. The first-order valence-corrected chi connectivity index (χ1v) is 6.13. The molecule has 0 radical (unpaired) electrons. The summed E-state index contributed by atoms with van der Waals surface area (Å²) >= 11 is 1.35. The first-order valence-electron chi connectivity index (χ1n) is 5.31. The van der Waals surface area contributed by atoms with Crippen LogP contribution in [0.2, 0.25) is 0 Å². The highest BCUT2D eigenvalue weighted by Crippen LogP contribution is 2.16. The van der Waals surface area contributed by atoms with Crippen LogP contribution in [-0.4, -0.2) is 34.7 Å². The second kappa shape index (κ2) is 6.36. The predicted octanol–water partition coefficient (Wildman–Crippen LogP) is 0.876. The highest BCUT2D eigenvalue weighted by atomic mass is 32.1. The molecular formula is C11H15NO4S. The molecule has 0 spiro atoms. The molecule has 94 valence electrons. The Kier molecular flexibility index (Phi) is 5.11. The minimum atomic E-state index is -1.14. The average molecular weight is 257 g/mol. The van der Waals surface area contributed by atoms with E-state index < -0.39 is 17.9 Å². The SMILES string of the molecule is CCc1ccc(C(=O)N[C@@H](CCO)C(=O)O)s1. The van der Waals surface area contributed by atoms with Gasteiger partial charge < -0.3 is 15.5 Å². The van der Waals surface area contributed by atoms with Gasteiger partial charge in [0.05, 0.1) is 4.88 Å². The molecule has 1 aromatic heterocycles. The van der Waals surface area contributed by atoms with E-state index >= 15 is 0 Å². The predicted molar refractivity (Wildman–Crippen MR) is 64.3 cm³/mol. The molecule has 1 atom stereocenters. The molecule has 0 unspecified atom stereocenters. The van der Waals surface area contributed by atoms with Crippen LogP contribution >= 0.6 is 11.3 Å². The number of carboxylic acids is 1. The quantitative estimate of drug-likeness (QED) is 0.706. The highest BCUT2D eigenvalue weighted by Gasteiger charge is 2.20. The van der Waals surface area contributed by atoms with E-state index in [0.29, 0.717) is 4.88 Å². The number of hydrogen-bond acceptors (Lipinski definition) is 4. The molecule has 0 fully saturated rings. The van der Waals surface area contributed by atoms with Gasteiger partial charge in [-0.1, -0.05) is 6.92 Å². The van der Waals surface area contributed by atoms with Crippen molar-refractivity contribution in [1.29, 1.82) is 0 Å². The Bertz CT molecular complexity index is 402. The van der Waals surface area contributed by atoms with Crippen molar-refractivity contribution in [2.75, 3.05) is 6.61 Å². The minimum absolute atomic E-state index is 0.00703. The first-order chi connectivity index (χ1) is 8.08. The Morgan fingerprint density at radius 1 is 1.47 bits per heavy atom. The van der Waals surface area contributed by atoms with E-state index in [-0.39, 0.29) is 13.0 Å². The number of aliphatic hydroxyl groups excluding tert-OH is 1. The van der Waals surface area contributed by atoms with E-state index in [4.69, 9.17) is 10.2 Å². The normalized spacial score (nSPS) is 12.1. The van der Waals surface area contributed by atoms with Gasteiger partial charge in [0.15, 0.2) is 0 Å². The van der Waals surface area contributed by atoms with E-state index in [1.165, 1.54) is 11.3 Å². The number of aliphatic hydroxyl groups is 1. The van der Waals surface area contributed by atoms with E-state index in [2.05, 4.69) is 5.32 Å². The minimum Gasteiger partial charge on any atom is -0.480 e. The van der Waals surface area contributed by atoms with Gasteiger partial charge in [0.25, 0.3) is 5.91 Å². The van der Waals surface area contributed by atoms with Gasteiger partial charge in [-0.2, -0.15) is 0 Å². The molecule has 0 aliphatic rings. The highest BCUT2D eigenvalue weighted by molar-refractivity contribution is 7.14. The lowest BCUT2D eigenvalue weighted by atomic mass is 10.2. The smallest absolute Gasteiger partial charge is 0.326 e. The van der Waals surface area contributed by atoms with Crippen LogP contribution in [0.1, 0.15) is 27.9 Å². The summed E-state index contributed by atoms with van der Waals surface area (Å²) in [5, 5.41) is 19.9. The zero-order chi connectivity index (χ0) is 12.8. The van der Waals surface area contributed by atoms with E-state index in [1.54, 1.807) is 6.07 Å². The number of carboxylic acid groups (broad SMARTS) is 1. The van der Waals surface area contributed by atoms with E-state index in [1.807, 2.05) is 13.0 Å². The molecule has 0 aromatic carbocycles. The van der Waals surface area contributed by atoms with Crippen molar-refractivity contribution >= 4 is 23.2 Å². The summed E-state index contributed by atoms with van der Waals surface area (Å²) in [6.45, 7) is 1.71. The maximum absolute atomic E-state index is 11.7. The Morgan fingerprint density at radius 2 is 2.18 bits per heavy atom. The van der Waals surface area contributed by atoms with Gasteiger partial charge in [-0.3, -0.25) is 4.79 Å². The fourth-order valence-corrected chi connectivity index (χ4v) is 2.16. The fourth-order valence-electron chi connectivity index (χ4n) is 1.31. The number of nitrogens with one attached hydrogen (secondary N) is 1. The topological polar surface area (TPSA) is 86.6 Å². The molecular weight excluding hydrogens is 242 g/mol. The van der Waals surface area contributed by atoms with Gasteiger partial charge in [0.2, 0.25) is 0 Å². The molecule has 1 amide bonds. The molecule has 17 heavy (non-hydrogen) atoms. The largest absolute Gasteiger partial charge is 0.480 e. The molecule has 0 bridgehead atoms. The molecule has 0 saturated heterocycles. The number of rotatable bonds is 6. The number of carbonyl (C=O) groups is 2. The summed E-state index contributed by atoms with van der Waals surface area (Å²) in [6, 6.07) is 2.48. The van der Waals surface area contributed by atoms with Crippen molar-refractivity contribution in [2.45, 2.75) is 25.8 Å². The van der Waals surface area contributed by atoms with Gasteiger partial charge in [-0.05, 0) is 18.6 Å². The zero-order valence-electron chi connectivity index (χ0n) is 9.47. The third kappa shape index (κ3) is 3.83. The van der Waals surface area contributed by atoms with Crippen molar-refractivity contribution in [3.63, 3.8) is 0 Å². The van der Waals surface area contributed by atoms with E-state index in [9.17, 15) is 9.59 Å². The third-order valence-electron chi connectivity index (χ3n) is 2.26. The van der Waals surface area contributed by atoms with Crippen molar-refractivity contribution in [2.24, 2.45) is 0 Å². The van der Waals surface area contributed by atoms with Crippen LogP contribution in [-0.2, 0) is 11.2 Å². The van der Waals surface area contributed by atoms with Gasteiger partial charge in [0, 0.05) is 17.9 Å². The van der Waals surface area contributed by atoms with Crippen LogP contribution in [0.15, 0.2) is 12.1 Å². The lowest BCUT2D eigenvalue weighted by Gasteiger charge is -2.12. The molecule has 0 saturated carbocycles. The maximum Gasteiger partial charge on any atom is 0.326 e. The van der Waals surface area contributed by atoms with Crippen LogP contribution in [0.5, 0.6) is 0 Å². The molecule has 1 rings (SSSR count). The molecule has 1 heterocycles. The van der Waals surface area contributed by atoms with Crippen molar-refractivity contribution in [3.8, 4) is 0 Å². The number of aryl methyl sites for hydroxylation is 1. The summed E-state index contributed by atoms with van der Waals surface area (Å²) in [4.78, 5) is 24.1. The molecule has 6 heteroatoms. The van der Waals surface area contributed by atoms with Crippen LogP contribution < -0.4 is 5.32 Å². The lowest BCUT2D eigenvalue weighted by molar-refractivity contribution is -0.139. The van der Waals surface area contributed by atoms with E-state index in [0.717, 1.165) is 11.3 Å². The number of aliphatic carboxylic acids is 1. The molecule has 5 nitrogen and oxygen atoms in total. The van der Waals surface area contributed by atoms with Crippen LogP contribution in [0, 0.1) is 0 Å². The van der Waals surface area contributed by atoms with Gasteiger partial charge in [0.1, 0.15) is 6.04 Å². The van der Waals surface area contributed by atoms with Crippen molar-refractivity contribution < 1.29 is 19.8 Å². The van der Waals surface area contributed by atoms with Crippen LogP contribution in [0.4, 0.5) is 0 Å². The summed E-state index contributed by atoms with van der Waals surface area (Å²) in [7, 11) is 0. The molecule has 0 aliphatic carbocycles. The summed E-state index contributed by atoms with van der Waals surface area (Å²) < 4.78 is 0. The second-order valence-corrected chi connectivity index (χ2v) is 4.66. The number of thiophene rings is 1. The fraction of sp³-hybridized carbons (Fsp3) is 0.455. The zero-order valence-corrected chi connectivity index (χ0v) is 10.3. The number of carbonyl (C=O) groups excluding carboxylic acids is 1. The van der Waals surface area contributed by atoms with Crippen LogP contribution in [0.25, 0.3) is 0 Å². The van der Waals surface area contributed by atoms with Gasteiger partial charge >= 0.3 is 5.97 Å². The number of amides is 1. The van der Waals surface area contributed by atoms with Crippen molar-refractivity contribution in [1.82, 2.24) is 5.32 Å². The Hall–Kier alpha value is -1.40.